The molecule has 3 aromatic rings. The molecule has 0 unspecified atom stereocenters. The van der Waals surface area contributed by atoms with Crippen molar-refractivity contribution >= 4 is 23.3 Å². The fraction of sp³-hybridized carbons (Fsp3) is 0.133. The van der Waals surface area contributed by atoms with Crippen LogP contribution in [0.5, 0.6) is 0 Å². The summed E-state index contributed by atoms with van der Waals surface area (Å²) in [6.07, 6.45) is 0. The van der Waals surface area contributed by atoms with Gasteiger partial charge in [-0.1, -0.05) is 18.2 Å². The molecule has 1 heterocycles. The lowest BCUT2D eigenvalue weighted by atomic mass is 10.1. The van der Waals surface area contributed by atoms with E-state index in [9.17, 15) is 8.78 Å². The van der Waals surface area contributed by atoms with Crippen LogP contribution in [0, 0.1) is 30.3 Å². The van der Waals surface area contributed by atoms with Gasteiger partial charge in [-0.05, 0) is 49.3 Å². The van der Waals surface area contributed by atoms with Gasteiger partial charge >= 0.3 is 0 Å². The molecule has 1 N–H and O–H groups in total. The summed E-state index contributed by atoms with van der Waals surface area (Å²) < 4.78 is 30.2. The van der Waals surface area contributed by atoms with Crippen LogP contribution >= 0.6 is 12.2 Å². The Morgan fingerprint density at radius 3 is 2.55 bits per heavy atom. The Labute approximate surface area is 119 Å². The van der Waals surface area contributed by atoms with Gasteiger partial charge in [0.25, 0.3) is 0 Å². The summed E-state index contributed by atoms with van der Waals surface area (Å²) >= 11 is 5.23. The molecule has 0 radical (unpaired) electrons. The Bertz CT molecular complexity index is 877. The van der Waals surface area contributed by atoms with Crippen LogP contribution in [0.1, 0.15) is 11.1 Å². The fourth-order valence-corrected chi connectivity index (χ4v) is 2.68. The lowest BCUT2D eigenvalue weighted by Gasteiger charge is -2.10. The van der Waals surface area contributed by atoms with Gasteiger partial charge in [0, 0.05) is 0 Å². The number of halogens is 2. The van der Waals surface area contributed by atoms with Gasteiger partial charge in [-0.15, -0.1) is 0 Å². The number of aryl methyl sites for hydroxylation is 2. The van der Waals surface area contributed by atoms with Gasteiger partial charge in [0.15, 0.2) is 10.6 Å². The first-order chi connectivity index (χ1) is 9.50. The van der Waals surface area contributed by atoms with E-state index in [0.717, 1.165) is 11.1 Å². The highest BCUT2D eigenvalue weighted by atomic mass is 32.1. The van der Waals surface area contributed by atoms with Crippen molar-refractivity contribution in [3.05, 3.63) is 57.9 Å². The van der Waals surface area contributed by atoms with E-state index in [-0.39, 0.29) is 10.5 Å². The van der Waals surface area contributed by atoms with E-state index in [1.54, 1.807) is 6.92 Å². The second kappa shape index (κ2) is 4.52. The molecule has 102 valence electrons. The van der Waals surface area contributed by atoms with Crippen molar-refractivity contribution in [2.45, 2.75) is 13.8 Å². The molecular weight excluding hydrogens is 278 g/mol. The molecule has 3 rings (SSSR count). The normalized spacial score (nSPS) is 11.2. The average molecular weight is 290 g/mol. The van der Waals surface area contributed by atoms with Crippen LogP contribution in [0.2, 0.25) is 0 Å². The summed E-state index contributed by atoms with van der Waals surface area (Å²) in [7, 11) is 0. The summed E-state index contributed by atoms with van der Waals surface area (Å²) in [5.41, 5.74) is 2.60. The Morgan fingerprint density at radius 2 is 1.80 bits per heavy atom. The van der Waals surface area contributed by atoms with Crippen LogP contribution in [-0.2, 0) is 0 Å². The molecule has 0 bridgehead atoms. The van der Waals surface area contributed by atoms with Crippen LogP contribution in [0.15, 0.2) is 30.3 Å². The van der Waals surface area contributed by atoms with E-state index in [1.165, 1.54) is 16.7 Å². The summed E-state index contributed by atoms with van der Waals surface area (Å²) in [4.78, 5) is 2.98. The van der Waals surface area contributed by atoms with E-state index in [0.29, 0.717) is 11.1 Å². The van der Waals surface area contributed by atoms with Gasteiger partial charge in [-0.25, -0.2) is 8.78 Å². The van der Waals surface area contributed by atoms with Gasteiger partial charge in [-0.2, -0.15) is 0 Å². The SMILES string of the molecule is Cc1ccc(F)c(-n2c(=S)[nH]c3cccc(C)c32)c1F. The number of rotatable bonds is 1. The van der Waals surface area contributed by atoms with E-state index < -0.39 is 11.6 Å². The maximum Gasteiger partial charge on any atom is 0.182 e. The molecule has 0 amide bonds. The van der Waals surface area contributed by atoms with Crippen LogP contribution in [0.3, 0.4) is 0 Å². The molecule has 0 aliphatic heterocycles. The second-order valence-electron chi connectivity index (χ2n) is 4.76. The Kier molecular flexibility index (Phi) is 2.94. The number of nitrogens with zero attached hydrogens (tertiary/aromatic N) is 1. The first kappa shape index (κ1) is 13.0. The van der Waals surface area contributed by atoms with Crippen LogP contribution in [-0.4, -0.2) is 9.55 Å². The van der Waals surface area contributed by atoms with E-state index in [4.69, 9.17) is 12.2 Å². The standard InChI is InChI=1S/C15H12F2N2S/c1-8-6-7-10(16)14(12(8)17)19-13-9(2)4-3-5-11(13)18-15(19)20/h3-7H,1-2H3,(H,18,20). The number of H-pyrrole nitrogens is 1. The van der Waals surface area contributed by atoms with E-state index in [2.05, 4.69) is 4.98 Å². The summed E-state index contributed by atoms with van der Waals surface area (Å²) in [5.74, 6) is -1.22. The molecule has 5 heteroatoms. The number of hydrogen-bond acceptors (Lipinski definition) is 1. The molecule has 0 fully saturated rings. The minimum atomic E-state index is -0.631. The quantitative estimate of drug-likeness (QED) is 0.650. The minimum Gasteiger partial charge on any atom is -0.330 e. The first-order valence-electron chi connectivity index (χ1n) is 6.16. The highest BCUT2D eigenvalue weighted by Gasteiger charge is 2.18. The zero-order valence-corrected chi connectivity index (χ0v) is 11.8. The van der Waals surface area contributed by atoms with Crippen LogP contribution in [0.25, 0.3) is 16.7 Å². The summed E-state index contributed by atoms with van der Waals surface area (Å²) in [6, 6.07) is 8.26. The summed E-state index contributed by atoms with van der Waals surface area (Å²) in [6.45, 7) is 3.48. The van der Waals surface area contributed by atoms with Gasteiger partial charge in [0.2, 0.25) is 0 Å². The molecule has 20 heavy (non-hydrogen) atoms. The highest BCUT2D eigenvalue weighted by Crippen LogP contribution is 2.27. The van der Waals surface area contributed by atoms with Crippen molar-refractivity contribution < 1.29 is 8.78 Å². The van der Waals surface area contributed by atoms with Crippen molar-refractivity contribution in [3.63, 3.8) is 0 Å². The van der Waals surface area contributed by atoms with Crippen molar-refractivity contribution in [2.24, 2.45) is 0 Å². The molecule has 0 saturated heterocycles. The second-order valence-corrected chi connectivity index (χ2v) is 5.15. The van der Waals surface area contributed by atoms with Crippen molar-refractivity contribution in [1.82, 2.24) is 9.55 Å². The van der Waals surface area contributed by atoms with Crippen molar-refractivity contribution in [3.8, 4) is 5.69 Å². The highest BCUT2D eigenvalue weighted by molar-refractivity contribution is 7.71. The third-order valence-corrected chi connectivity index (χ3v) is 3.67. The number of aromatic nitrogens is 2. The van der Waals surface area contributed by atoms with E-state index in [1.807, 2.05) is 25.1 Å². The number of benzene rings is 2. The first-order valence-corrected chi connectivity index (χ1v) is 6.57. The van der Waals surface area contributed by atoms with Gasteiger partial charge in [0.05, 0.1) is 11.0 Å². The largest absolute Gasteiger partial charge is 0.330 e. The third kappa shape index (κ3) is 1.78. The molecule has 2 aromatic carbocycles. The number of nitrogens with one attached hydrogen (secondary N) is 1. The molecule has 0 atom stereocenters. The minimum absolute atomic E-state index is 0.129. The van der Waals surface area contributed by atoms with Gasteiger partial charge in [0.1, 0.15) is 11.5 Å². The lowest BCUT2D eigenvalue weighted by molar-refractivity contribution is 0.564. The fourth-order valence-electron chi connectivity index (χ4n) is 2.39. The van der Waals surface area contributed by atoms with E-state index >= 15 is 0 Å². The monoisotopic (exact) mass is 290 g/mol. The zero-order valence-electron chi connectivity index (χ0n) is 11.0. The predicted octanol–water partition coefficient (Wildman–Crippen LogP) is 4.58. The maximum atomic E-state index is 14.3. The van der Waals surface area contributed by atoms with Gasteiger partial charge < -0.3 is 4.98 Å². The van der Waals surface area contributed by atoms with Crippen molar-refractivity contribution in [2.75, 3.05) is 0 Å². The molecule has 2 nitrogen and oxygen atoms in total. The number of fused-ring (bicyclic) bond motifs is 1. The molecule has 0 aliphatic carbocycles. The lowest BCUT2D eigenvalue weighted by Crippen LogP contribution is -2.04. The van der Waals surface area contributed by atoms with Crippen molar-refractivity contribution in [1.29, 1.82) is 0 Å². The molecule has 0 spiro atoms. The molecule has 1 aromatic heterocycles. The number of imidazole rings is 1. The van der Waals surface area contributed by atoms with Crippen LogP contribution in [0.4, 0.5) is 8.78 Å². The number of para-hydroxylation sites is 1. The molecule has 0 saturated carbocycles. The average Bonchev–Trinajstić information content (AvgIpc) is 2.73. The molecular formula is C15H12F2N2S. The van der Waals surface area contributed by atoms with Crippen LogP contribution < -0.4 is 0 Å². The summed E-state index contributed by atoms with van der Waals surface area (Å²) in [5, 5.41) is 0. The smallest absolute Gasteiger partial charge is 0.182 e. The molecule has 0 aliphatic rings. The predicted molar refractivity (Wildman–Crippen MR) is 77.8 cm³/mol. The Hall–Kier alpha value is -2.01. The number of aromatic amines is 1. The number of hydrogen-bond donors (Lipinski definition) is 1. The Balaban J connectivity index is 2.51. The maximum absolute atomic E-state index is 14.3. The topological polar surface area (TPSA) is 20.7 Å². The van der Waals surface area contributed by atoms with Gasteiger partial charge in [-0.3, -0.25) is 4.57 Å². The third-order valence-electron chi connectivity index (χ3n) is 3.39. The zero-order chi connectivity index (χ0) is 14.4. The Morgan fingerprint density at radius 1 is 1.05 bits per heavy atom.